The molecule has 5 nitrogen and oxygen atoms in total. The summed E-state index contributed by atoms with van der Waals surface area (Å²) in [6.45, 7) is 3.09. The molecule has 0 spiro atoms. The lowest BCUT2D eigenvalue weighted by Crippen LogP contribution is -2.36. The van der Waals surface area contributed by atoms with Gasteiger partial charge in [0.05, 0.1) is 13.2 Å². The summed E-state index contributed by atoms with van der Waals surface area (Å²) in [5.41, 5.74) is 5.47. The van der Waals surface area contributed by atoms with Crippen LogP contribution in [-0.4, -0.2) is 37.9 Å². The zero-order valence-corrected chi connectivity index (χ0v) is 10.9. The van der Waals surface area contributed by atoms with E-state index in [0.717, 1.165) is 5.56 Å². The Hall–Kier alpha value is -1.59. The van der Waals surface area contributed by atoms with E-state index in [1.807, 2.05) is 30.3 Å². The number of nitrogens with two attached hydrogens (primary N) is 1. The molecule has 0 bridgehead atoms. The zero-order valence-electron chi connectivity index (χ0n) is 10.9. The second-order valence-corrected chi connectivity index (χ2v) is 4.26. The number of nitrogens with zero attached hydrogens (tertiary/aromatic N) is 1. The largest absolute Gasteiger partial charge is 0.384 e. The highest BCUT2D eigenvalue weighted by Crippen LogP contribution is 2.20. The van der Waals surface area contributed by atoms with Crippen molar-refractivity contribution in [1.29, 1.82) is 0 Å². The Morgan fingerprint density at radius 2 is 2.11 bits per heavy atom. The first kappa shape index (κ1) is 14.5. The van der Waals surface area contributed by atoms with Crippen molar-refractivity contribution in [2.24, 2.45) is 10.7 Å². The highest BCUT2D eigenvalue weighted by molar-refractivity contribution is 5.77. The minimum Gasteiger partial charge on any atom is -0.384 e. The molecule has 0 aromatic heterocycles. The smallest absolute Gasteiger partial charge is 0.188 e. The molecule has 1 aromatic carbocycles. The van der Waals surface area contributed by atoms with Gasteiger partial charge in [-0.1, -0.05) is 30.3 Å². The van der Waals surface area contributed by atoms with Crippen molar-refractivity contribution >= 4 is 5.96 Å². The van der Waals surface area contributed by atoms with Gasteiger partial charge in [-0.3, -0.25) is 4.99 Å². The van der Waals surface area contributed by atoms with E-state index in [2.05, 4.69) is 10.3 Å². The van der Waals surface area contributed by atoms with Crippen LogP contribution < -0.4 is 11.1 Å². The number of hydrogen-bond donors (Lipinski definition) is 3. The summed E-state index contributed by atoms with van der Waals surface area (Å²) in [5.74, 6) is 0.309. The molecule has 0 aliphatic heterocycles. The summed E-state index contributed by atoms with van der Waals surface area (Å²) in [6, 6.07) is 9.40. The summed E-state index contributed by atoms with van der Waals surface area (Å²) < 4.78 is 4.88. The van der Waals surface area contributed by atoms with Crippen LogP contribution in [0.1, 0.15) is 12.5 Å². The molecule has 100 valence electrons. The lowest BCUT2D eigenvalue weighted by molar-refractivity contribution is 0.0673. The molecule has 0 aliphatic carbocycles. The van der Waals surface area contributed by atoms with Gasteiger partial charge in [-0.2, -0.15) is 0 Å². The van der Waals surface area contributed by atoms with Gasteiger partial charge in [0.15, 0.2) is 5.96 Å². The van der Waals surface area contributed by atoms with E-state index >= 15 is 0 Å². The number of methoxy groups -OCH3 is 1. The molecule has 1 rings (SSSR count). The second-order valence-electron chi connectivity index (χ2n) is 4.26. The van der Waals surface area contributed by atoms with Gasteiger partial charge in [-0.15, -0.1) is 0 Å². The van der Waals surface area contributed by atoms with Crippen LogP contribution in [0.5, 0.6) is 0 Å². The van der Waals surface area contributed by atoms with Crippen LogP contribution in [0.15, 0.2) is 35.3 Å². The first-order valence-electron chi connectivity index (χ1n) is 5.87. The van der Waals surface area contributed by atoms with Crippen LogP contribution in [-0.2, 0) is 10.3 Å². The number of nitrogens with one attached hydrogen (secondary N) is 1. The predicted molar refractivity (Wildman–Crippen MR) is 72.4 cm³/mol. The molecule has 0 saturated heterocycles. The topological polar surface area (TPSA) is 79.9 Å². The van der Waals surface area contributed by atoms with Crippen LogP contribution in [0.3, 0.4) is 0 Å². The Bertz CT molecular complexity index is 377. The van der Waals surface area contributed by atoms with Gasteiger partial charge >= 0.3 is 0 Å². The Labute approximate surface area is 108 Å². The Balaban J connectivity index is 2.53. The Morgan fingerprint density at radius 3 is 2.72 bits per heavy atom. The van der Waals surface area contributed by atoms with Crippen LogP contribution in [0.4, 0.5) is 0 Å². The fourth-order valence-electron chi connectivity index (χ4n) is 1.46. The number of guanidine groups is 1. The van der Waals surface area contributed by atoms with Gasteiger partial charge in [0.1, 0.15) is 5.60 Å². The molecule has 0 amide bonds. The van der Waals surface area contributed by atoms with Crippen LogP contribution in [0.2, 0.25) is 0 Å². The zero-order chi connectivity index (χ0) is 13.4. The minimum atomic E-state index is -1.02. The van der Waals surface area contributed by atoms with E-state index < -0.39 is 5.60 Å². The minimum absolute atomic E-state index is 0.211. The predicted octanol–water partition coefficient (Wildman–Crippen LogP) is 0.445. The number of aliphatic hydroxyl groups is 1. The SMILES string of the molecule is COCCNC(N)=NCC(C)(O)c1ccccc1. The Kier molecular flexibility index (Phi) is 5.61. The third-order valence-corrected chi connectivity index (χ3v) is 2.57. The fourth-order valence-corrected chi connectivity index (χ4v) is 1.46. The molecular formula is C13H21N3O2. The summed E-state index contributed by atoms with van der Waals surface area (Å²) in [5, 5.41) is 13.2. The summed E-state index contributed by atoms with van der Waals surface area (Å²) in [6.07, 6.45) is 0. The van der Waals surface area contributed by atoms with Crippen LogP contribution in [0, 0.1) is 0 Å². The molecule has 0 radical (unpaired) electrons. The maximum Gasteiger partial charge on any atom is 0.188 e. The van der Waals surface area contributed by atoms with E-state index in [0.29, 0.717) is 19.1 Å². The average Bonchev–Trinajstić information content (AvgIpc) is 2.38. The number of rotatable bonds is 6. The van der Waals surface area contributed by atoms with Gasteiger partial charge in [-0.05, 0) is 12.5 Å². The molecule has 0 heterocycles. The standard InChI is InChI=1S/C13H21N3O2/c1-13(17,11-6-4-3-5-7-11)10-16-12(14)15-8-9-18-2/h3-7,17H,8-10H2,1-2H3,(H3,14,15,16). The number of ether oxygens (including phenoxy) is 1. The van der Waals surface area contributed by atoms with Crippen molar-refractivity contribution in [2.75, 3.05) is 26.8 Å². The third kappa shape index (κ3) is 4.73. The Morgan fingerprint density at radius 1 is 1.44 bits per heavy atom. The molecule has 18 heavy (non-hydrogen) atoms. The molecule has 4 N–H and O–H groups in total. The maximum absolute atomic E-state index is 10.3. The van der Waals surface area contributed by atoms with Gasteiger partial charge < -0.3 is 20.9 Å². The first-order valence-corrected chi connectivity index (χ1v) is 5.87. The number of hydrogen-bond acceptors (Lipinski definition) is 3. The fraction of sp³-hybridized carbons (Fsp3) is 0.462. The van der Waals surface area contributed by atoms with Crippen molar-refractivity contribution in [2.45, 2.75) is 12.5 Å². The number of benzene rings is 1. The third-order valence-electron chi connectivity index (χ3n) is 2.57. The molecule has 1 atom stereocenters. The molecule has 0 fully saturated rings. The van der Waals surface area contributed by atoms with Crippen molar-refractivity contribution in [1.82, 2.24) is 5.32 Å². The van der Waals surface area contributed by atoms with E-state index in [1.165, 1.54) is 0 Å². The normalized spacial score (nSPS) is 15.2. The lowest BCUT2D eigenvalue weighted by Gasteiger charge is -2.21. The molecular weight excluding hydrogens is 230 g/mol. The highest BCUT2D eigenvalue weighted by Gasteiger charge is 2.22. The maximum atomic E-state index is 10.3. The van der Waals surface area contributed by atoms with E-state index in [9.17, 15) is 5.11 Å². The van der Waals surface area contributed by atoms with Crippen molar-refractivity contribution in [3.63, 3.8) is 0 Å². The highest BCUT2D eigenvalue weighted by atomic mass is 16.5. The van der Waals surface area contributed by atoms with E-state index in [4.69, 9.17) is 10.5 Å². The molecule has 0 aliphatic rings. The average molecular weight is 251 g/mol. The monoisotopic (exact) mass is 251 g/mol. The van der Waals surface area contributed by atoms with Crippen molar-refractivity contribution in [3.8, 4) is 0 Å². The van der Waals surface area contributed by atoms with Crippen molar-refractivity contribution in [3.05, 3.63) is 35.9 Å². The lowest BCUT2D eigenvalue weighted by atomic mass is 9.96. The molecule has 5 heteroatoms. The van der Waals surface area contributed by atoms with Crippen molar-refractivity contribution < 1.29 is 9.84 Å². The van der Waals surface area contributed by atoms with Gasteiger partial charge in [0.25, 0.3) is 0 Å². The summed E-state index contributed by atoms with van der Waals surface area (Å²) in [7, 11) is 1.62. The molecule has 1 unspecified atom stereocenters. The number of aliphatic imine (C=N–C) groups is 1. The van der Waals surface area contributed by atoms with E-state index in [-0.39, 0.29) is 6.54 Å². The summed E-state index contributed by atoms with van der Waals surface area (Å²) in [4.78, 5) is 4.12. The first-order chi connectivity index (χ1) is 8.56. The second kappa shape index (κ2) is 6.98. The molecule has 0 saturated carbocycles. The molecule has 1 aromatic rings. The van der Waals surface area contributed by atoms with Gasteiger partial charge in [0, 0.05) is 13.7 Å². The van der Waals surface area contributed by atoms with Crippen LogP contribution >= 0.6 is 0 Å². The van der Waals surface area contributed by atoms with Crippen LogP contribution in [0.25, 0.3) is 0 Å². The van der Waals surface area contributed by atoms with Gasteiger partial charge in [0.2, 0.25) is 0 Å². The quantitative estimate of drug-likeness (QED) is 0.389. The summed E-state index contributed by atoms with van der Waals surface area (Å²) >= 11 is 0. The van der Waals surface area contributed by atoms with Gasteiger partial charge in [-0.25, -0.2) is 0 Å². The van der Waals surface area contributed by atoms with E-state index in [1.54, 1.807) is 14.0 Å².